The molecule has 164 valence electrons. The molecule has 4 rings (SSSR count). The van der Waals surface area contributed by atoms with Gasteiger partial charge in [0.1, 0.15) is 0 Å². The molecule has 1 saturated heterocycles. The lowest BCUT2D eigenvalue weighted by Gasteiger charge is -2.33. The molecule has 0 atom stereocenters. The molecule has 0 radical (unpaired) electrons. The van der Waals surface area contributed by atoms with E-state index in [9.17, 15) is 9.90 Å². The van der Waals surface area contributed by atoms with Gasteiger partial charge in [0.05, 0.1) is 24.4 Å². The molecule has 1 N–H and O–H groups in total. The van der Waals surface area contributed by atoms with E-state index < -0.39 is 0 Å². The van der Waals surface area contributed by atoms with Crippen molar-refractivity contribution in [2.75, 3.05) is 18.0 Å². The van der Waals surface area contributed by atoms with Crippen molar-refractivity contribution in [2.45, 2.75) is 32.8 Å². The van der Waals surface area contributed by atoms with Gasteiger partial charge in [-0.15, -0.1) is 0 Å². The Labute approximate surface area is 188 Å². The monoisotopic (exact) mass is 428 g/mol. The highest BCUT2D eigenvalue weighted by atomic mass is 16.3. The van der Waals surface area contributed by atoms with E-state index in [4.69, 9.17) is 11.6 Å². The van der Waals surface area contributed by atoms with Crippen LogP contribution in [0.3, 0.4) is 0 Å². The van der Waals surface area contributed by atoms with E-state index in [2.05, 4.69) is 16.7 Å². The smallest absolute Gasteiger partial charge is 0.263 e. The second-order valence-corrected chi connectivity index (χ2v) is 8.35. The van der Waals surface area contributed by atoms with Crippen LogP contribution in [0, 0.1) is 12.5 Å². The molecule has 32 heavy (non-hydrogen) atoms. The standard InChI is InChI=1S/C26H28N4O2/c1-4-18-13-15-30(16-14-18)26-28-24(21-9-11-22(27-2)12-10-21)23(25(32)29(26)3)20-7-5-19(17-31)6-8-20/h5-12,18,31H,4,13-17H2,1,3H3. The largest absolute Gasteiger partial charge is 0.392 e. The van der Waals surface area contributed by atoms with Gasteiger partial charge >= 0.3 is 0 Å². The first kappa shape index (κ1) is 21.8. The lowest BCUT2D eigenvalue weighted by molar-refractivity contribution is 0.282. The number of aromatic nitrogens is 2. The number of aliphatic hydroxyl groups excluding tert-OH is 1. The fourth-order valence-corrected chi connectivity index (χ4v) is 4.35. The Bertz CT molecular complexity index is 1180. The van der Waals surface area contributed by atoms with Crippen molar-refractivity contribution in [3.63, 3.8) is 0 Å². The highest BCUT2D eigenvalue weighted by Gasteiger charge is 2.24. The van der Waals surface area contributed by atoms with Gasteiger partial charge in [-0.2, -0.15) is 0 Å². The summed E-state index contributed by atoms with van der Waals surface area (Å²) in [7, 11) is 1.79. The highest BCUT2D eigenvalue weighted by Crippen LogP contribution is 2.32. The number of piperidine rings is 1. The maximum atomic E-state index is 13.6. The zero-order valence-corrected chi connectivity index (χ0v) is 18.6. The van der Waals surface area contributed by atoms with Crippen LogP contribution >= 0.6 is 0 Å². The molecule has 2 heterocycles. The van der Waals surface area contributed by atoms with Crippen molar-refractivity contribution >= 4 is 11.6 Å². The number of anilines is 1. The van der Waals surface area contributed by atoms with E-state index in [-0.39, 0.29) is 12.2 Å². The number of hydrogen-bond donors (Lipinski definition) is 1. The first-order chi connectivity index (χ1) is 15.5. The van der Waals surface area contributed by atoms with Crippen LogP contribution < -0.4 is 10.5 Å². The minimum Gasteiger partial charge on any atom is -0.392 e. The fourth-order valence-electron chi connectivity index (χ4n) is 4.35. The van der Waals surface area contributed by atoms with Crippen LogP contribution in [0.1, 0.15) is 31.7 Å². The number of hydrogen-bond acceptors (Lipinski definition) is 4. The third-order valence-electron chi connectivity index (χ3n) is 6.44. The van der Waals surface area contributed by atoms with Crippen LogP contribution in [0.2, 0.25) is 0 Å². The van der Waals surface area contributed by atoms with Crippen LogP contribution in [0.4, 0.5) is 11.6 Å². The number of rotatable bonds is 5. The van der Waals surface area contributed by atoms with Gasteiger partial charge in [-0.1, -0.05) is 61.9 Å². The minimum absolute atomic E-state index is 0.0475. The molecular formula is C26H28N4O2. The van der Waals surface area contributed by atoms with E-state index in [0.29, 0.717) is 22.9 Å². The minimum atomic E-state index is -0.103. The average molecular weight is 429 g/mol. The molecule has 0 aliphatic carbocycles. The van der Waals surface area contributed by atoms with Gasteiger partial charge in [-0.05, 0) is 35.4 Å². The molecular weight excluding hydrogens is 400 g/mol. The topological polar surface area (TPSA) is 62.7 Å². The molecule has 1 aliphatic rings. The molecule has 0 unspecified atom stereocenters. The summed E-state index contributed by atoms with van der Waals surface area (Å²) in [6.07, 6.45) is 3.39. The Hall–Kier alpha value is -3.43. The van der Waals surface area contributed by atoms with Crippen molar-refractivity contribution in [2.24, 2.45) is 13.0 Å². The second kappa shape index (κ2) is 9.37. The molecule has 6 nitrogen and oxygen atoms in total. The number of aliphatic hydroxyl groups is 1. The predicted molar refractivity (Wildman–Crippen MR) is 128 cm³/mol. The summed E-state index contributed by atoms with van der Waals surface area (Å²) in [5.74, 6) is 1.41. The van der Waals surface area contributed by atoms with E-state index in [1.807, 2.05) is 36.4 Å². The van der Waals surface area contributed by atoms with E-state index in [1.165, 1.54) is 6.42 Å². The van der Waals surface area contributed by atoms with E-state index in [0.717, 1.165) is 48.5 Å². The molecule has 1 aliphatic heterocycles. The number of nitrogens with zero attached hydrogens (tertiary/aromatic N) is 4. The van der Waals surface area contributed by atoms with Crippen molar-refractivity contribution in [3.05, 3.63) is 75.9 Å². The Morgan fingerprint density at radius 1 is 1.06 bits per heavy atom. The summed E-state index contributed by atoms with van der Waals surface area (Å²) < 4.78 is 1.65. The Balaban J connectivity index is 1.87. The van der Waals surface area contributed by atoms with Crippen LogP contribution in [0.5, 0.6) is 0 Å². The van der Waals surface area contributed by atoms with Crippen molar-refractivity contribution < 1.29 is 5.11 Å². The predicted octanol–water partition coefficient (Wildman–Crippen LogP) is 4.78. The first-order valence-electron chi connectivity index (χ1n) is 11.1. The van der Waals surface area contributed by atoms with Crippen molar-refractivity contribution in [3.8, 4) is 22.4 Å². The van der Waals surface area contributed by atoms with Crippen molar-refractivity contribution in [1.82, 2.24) is 9.55 Å². The summed E-state index contributed by atoms with van der Waals surface area (Å²) in [5.41, 5.74) is 3.95. The second-order valence-electron chi connectivity index (χ2n) is 8.35. The zero-order chi connectivity index (χ0) is 22.7. The third-order valence-corrected chi connectivity index (χ3v) is 6.44. The van der Waals surface area contributed by atoms with Gasteiger partial charge in [-0.3, -0.25) is 9.36 Å². The molecule has 1 aromatic heterocycles. The Kier molecular flexibility index (Phi) is 6.38. The quantitative estimate of drug-likeness (QED) is 0.594. The number of benzene rings is 2. The molecule has 6 heteroatoms. The zero-order valence-electron chi connectivity index (χ0n) is 18.6. The first-order valence-corrected chi connectivity index (χ1v) is 11.1. The van der Waals surface area contributed by atoms with Gasteiger partial charge in [0.25, 0.3) is 5.56 Å². The fraction of sp³-hybridized carbons (Fsp3) is 0.346. The molecule has 0 amide bonds. The molecule has 2 aromatic carbocycles. The third kappa shape index (κ3) is 4.17. The van der Waals surface area contributed by atoms with Crippen molar-refractivity contribution in [1.29, 1.82) is 0 Å². The summed E-state index contributed by atoms with van der Waals surface area (Å²) in [4.78, 5) is 24.3. The lowest BCUT2D eigenvalue weighted by Crippen LogP contribution is -2.38. The van der Waals surface area contributed by atoms with Crippen LogP contribution in [-0.2, 0) is 13.7 Å². The Morgan fingerprint density at radius 2 is 1.69 bits per heavy atom. The Morgan fingerprint density at radius 3 is 2.25 bits per heavy atom. The van der Waals surface area contributed by atoms with Gasteiger partial charge in [-0.25, -0.2) is 9.83 Å². The van der Waals surface area contributed by atoms with Crippen LogP contribution in [-0.4, -0.2) is 27.7 Å². The molecule has 3 aromatic rings. The molecule has 0 saturated carbocycles. The van der Waals surface area contributed by atoms with Crippen LogP contribution in [0.25, 0.3) is 27.2 Å². The molecule has 1 fully saturated rings. The summed E-state index contributed by atoms with van der Waals surface area (Å²) in [6, 6.07) is 14.6. The van der Waals surface area contributed by atoms with Gasteiger partial charge in [0.2, 0.25) is 5.95 Å². The maximum Gasteiger partial charge on any atom is 0.263 e. The summed E-state index contributed by atoms with van der Waals surface area (Å²) >= 11 is 0. The average Bonchev–Trinajstić information content (AvgIpc) is 2.86. The molecule has 0 spiro atoms. The van der Waals surface area contributed by atoms with Gasteiger partial charge < -0.3 is 10.0 Å². The summed E-state index contributed by atoms with van der Waals surface area (Å²) in [6.45, 7) is 11.2. The summed E-state index contributed by atoms with van der Waals surface area (Å²) in [5, 5.41) is 9.39. The normalized spacial score (nSPS) is 14.4. The van der Waals surface area contributed by atoms with Crippen LogP contribution in [0.15, 0.2) is 53.3 Å². The van der Waals surface area contributed by atoms with Gasteiger partial charge in [0, 0.05) is 20.1 Å². The van der Waals surface area contributed by atoms with E-state index >= 15 is 0 Å². The molecule has 0 bridgehead atoms. The van der Waals surface area contributed by atoms with Gasteiger partial charge in [0.15, 0.2) is 5.69 Å². The lowest BCUT2D eigenvalue weighted by atomic mass is 9.94. The SMILES string of the molecule is [C-]#[N+]c1ccc(-c2nc(N3CCC(CC)CC3)n(C)c(=O)c2-c2ccc(CO)cc2)cc1. The maximum absolute atomic E-state index is 13.6. The van der Waals surface area contributed by atoms with E-state index in [1.54, 1.807) is 23.7 Å². The highest BCUT2D eigenvalue weighted by molar-refractivity contribution is 5.81.